The predicted octanol–water partition coefficient (Wildman–Crippen LogP) is 2.46. The molecule has 3 unspecified atom stereocenters. The highest BCUT2D eigenvalue weighted by atomic mass is 16.6. The quantitative estimate of drug-likeness (QED) is 0.898. The second-order valence-corrected chi connectivity index (χ2v) is 5.86. The number of carbonyl (C=O) groups excluding carboxylic acids is 1. The van der Waals surface area contributed by atoms with Gasteiger partial charge in [-0.2, -0.15) is 0 Å². The van der Waals surface area contributed by atoms with Gasteiger partial charge in [-0.1, -0.05) is 19.1 Å². The molecule has 0 aromatic heterocycles. The van der Waals surface area contributed by atoms with Gasteiger partial charge in [0, 0.05) is 12.0 Å². The lowest BCUT2D eigenvalue weighted by atomic mass is 9.96. The third-order valence-electron chi connectivity index (χ3n) is 4.41. The van der Waals surface area contributed by atoms with Gasteiger partial charge in [0.1, 0.15) is 13.2 Å². The van der Waals surface area contributed by atoms with Crippen molar-refractivity contribution in [1.82, 2.24) is 0 Å². The summed E-state index contributed by atoms with van der Waals surface area (Å²) in [6.07, 6.45) is 2.53. The first kappa shape index (κ1) is 13.3. The minimum Gasteiger partial charge on any atom is -0.486 e. The van der Waals surface area contributed by atoms with Crippen molar-refractivity contribution in [2.24, 2.45) is 17.6 Å². The zero-order chi connectivity index (χ0) is 14.1. The predicted molar refractivity (Wildman–Crippen MR) is 75.9 cm³/mol. The molecule has 1 aliphatic heterocycles. The summed E-state index contributed by atoms with van der Waals surface area (Å²) in [5, 5.41) is 0. The molecular formula is C16H21NO3. The monoisotopic (exact) mass is 275 g/mol. The number of ether oxygens (including phenoxy) is 2. The molecule has 4 heteroatoms. The Labute approximate surface area is 119 Å². The molecule has 4 nitrogen and oxygen atoms in total. The Bertz CT molecular complexity index is 514. The molecule has 1 aromatic carbocycles. The average Bonchev–Trinajstić information content (AvgIpc) is 3.24. The van der Waals surface area contributed by atoms with E-state index >= 15 is 0 Å². The molecule has 2 aliphatic rings. The number of nitrogens with two attached hydrogens (primary N) is 1. The van der Waals surface area contributed by atoms with E-state index < -0.39 is 0 Å². The minimum atomic E-state index is -0.206. The molecule has 1 heterocycles. The van der Waals surface area contributed by atoms with Gasteiger partial charge < -0.3 is 15.2 Å². The van der Waals surface area contributed by atoms with Crippen LogP contribution in [0.3, 0.4) is 0 Å². The fraction of sp³-hybridized carbons (Fsp3) is 0.562. The Hall–Kier alpha value is -1.71. The largest absolute Gasteiger partial charge is 0.486 e. The van der Waals surface area contributed by atoms with Crippen LogP contribution in [0.25, 0.3) is 0 Å². The van der Waals surface area contributed by atoms with Crippen LogP contribution in [0, 0.1) is 11.8 Å². The number of fused-ring (bicyclic) bond motifs is 1. The number of amides is 1. The normalized spacial score (nSPS) is 25.1. The van der Waals surface area contributed by atoms with Gasteiger partial charge in [0.05, 0.1) is 0 Å². The number of rotatable bonds is 5. The van der Waals surface area contributed by atoms with Crippen molar-refractivity contribution >= 4 is 5.91 Å². The van der Waals surface area contributed by atoms with Crippen molar-refractivity contribution in [3.05, 3.63) is 23.8 Å². The molecule has 1 saturated carbocycles. The van der Waals surface area contributed by atoms with E-state index in [4.69, 9.17) is 15.2 Å². The van der Waals surface area contributed by atoms with E-state index in [1.165, 1.54) is 12.0 Å². The zero-order valence-electron chi connectivity index (χ0n) is 11.8. The number of carbonyl (C=O) groups is 1. The molecule has 2 N–H and O–H groups in total. The van der Waals surface area contributed by atoms with Gasteiger partial charge in [0.25, 0.3) is 0 Å². The number of benzene rings is 1. The van der Waals surface area contributed by atoms with Crippen LogP contribution in [0.5, 0.6) is 11.5 Å². The van der Waals surface area contributed by atoms with Crippen LogP contribution < -0.4 is 15.2 Å². The Balaban J connectivity index is 1.68. The fourth-order valence-electron chi connectivity index (χ4n) is 3.17. The molecule has 3 atom stereocenters. The highest BCUT2D eigenvalue weighted by Crippen LogP contribution is 2.56. The second-order valence-electron chi connectivity index (χ2n) is 5.86. The Morgan fingerprint density at radius 1 is 1.40 bits per heavy atom. The molecule has 3 rings (SSSR count). The van der Waals surface area contributed by atoms with E-state index in [2.05, 4.69) is 13.0 Å². The van der Waals surface area contributed by atoms with Crippen LogP contribution in [0.4, 0.5) is 0 Å². The van der Waals surface area contributed by atoms with Crippen molar-refractivity contribution in [2.45, 2.75) is 32.1 Å². The smallest absolute Gasteiger partial charge is 0.217 e. The molecule has 1 amide bonds. The molecule has 0 bridgehead atoms. The van der Waals surface area contributed by atoms with Crippen molar-refractivity contribution < 1.29 is 14.3 Å². The minimum absolute atomic E-state index is 0.206. The van der Waals surface area contributed by atoms with Crippen LogP contribution in [-0.2, 0) is 4.79 Å². The third-order valence-corrected chi connectivity index (χ3v) is 4.41. The maximum absolute atomic E-state index is 10.9. The summed E-state index contributed by atoms with van der Waals surface area (Å²) < 4.78 is 11.4. The summed E-state index contributed by atoms with van der Waals surface area (Å²) in [6, 6.07) is 6.14. The number of primary amides is 1. The number of hydrogen-bond donors (Lipinski definition) is 1. The van der Waals surface area contributed by atoms with Crippen LogP contribution in [0.15, 0.2) is 18.2 Å². The second kappa shape index (κ2) is 5.35. The summed E-state index contributed by atoms with van der Waals surface area (Å²) in [5.74, 6) is 3.27. The summed E-state index contributed by atoms with van der Waals surface area (Å²) >= 11 is 0. The molecule has 0 saturated heterocycles. The fourth-order valence-corrected chi connectivity index (χ4v) is 3.17. The Morgan fingerprint density at radius 3 is 3.00 bits per heavy atom. The van der Waals surface area contributed by atoms with Gasteiger partial charge in [0.2, 0.25) is 5.91 Å². The first-order chi connectivity index (χ1) is 9.66. The third kappa shape index (κ3) is 2.60. The van der Waals surface area contributed by atoms with E-state index in [0.29, 0.717) is 37.4 Å². The molecule has 1 fully saturated rings. The molecule has 0 spiro atoms. The maximum atomic E-state index is 10.9. The van der Waals surface area contributed by atoms with Crippen LogP contribution in [0.2, 0.25) is 0 Å². The lowest BCUT2D eigenvalue weighted by molar-refractivity contribution is -0.118. The molecule has 1 aliphatic carbocycles. The summed E-state index contributed by atoms with van der Waals surface area (Å²) in [5.41, 5.74) is 6.48. The van der Waals surface area contributed by atoms with E-state index in [1.54, 1.807) is 0 Å². The molecule has 108 valence electrons. The van der Waals surface area contributed by atoms with Crippen molar-refractivity contribution in [3.63, 3.8) is 0 Å². The van der Waals surface area contributed by atoms with Crippen molar-refractivity contribution in [1.29, 1.82) is 0 Å². The van der Waals surface area contributed by atoms with Gasteiger partial charge in [0.15, 0.2) is 11.5 Å². The standard InChI is InChI=1S/C16H21NO3/c1-10(5-6-15(17)18)12-9-13(12)11-3-2-4-14-16(11)20-8-7-19-14/h2-4,10,12-13H,5-9H2,1H3,(H2,17,18). The van der Waals surface area contributed by atoms with Crippen LogP contribution in [0.1, 0.15) is 37.7 Å². The van der Waals surface area contributed by atoms with Gasteiger partial charge in [-0.3, -0.25) is 4.79 Å². The molecule has 1 aromatic rings. The lowest BCUT2D eigenvalue weighted by Gasteiger charge is -2.21. The number of para-hydroxylation sites is 1. The summed E-state index contributed by atoms with van der Waals surface area (Å²) in [4.78, 5) is 10.9. The van der Waals surface area contributed by atoms with Crippen LogP contribution >= 0.6 is 0 Å². The lowest BCUT2D eigenvalue weighted by Crippen LogP contribution is -2.16. The Kier molecular flexibility index (Phi) is 3.55. The van der Waals surface area contributed by atoms with E-state index in [-0.39, 0.29) is 5.91 Å². The highest BCUT2D eigenvalue weighted by molar-refractivity contribution is 5.73. The van der Waals surface area contributed by atoms with Crippen molar-refractivity contribution in [2.75, 3.05) is 13.2 Å². The van der Waals surface area contributed by atoms with Crippen molar-refractivity contribution in [3.8, 4) is 11.5 Å². The molecule has 0 radical (unpaired) electrons. The van der Waals surface area contributed by atoms with E-state index in [9.17, 15) is 4.79 Å². The van der Waals surface area contributed by atoms with Gasteiger partial charge in [-0.15, -0.1) is 0 Å². The Morgan fingerprint density at radius 2 is 2.20 bits per heavy atom. The van der Waals surface area contributed by atoms with Crippen LogP contribution in [-0.4, -0.2) is 19.1 Å². The first-order valence-corrected chi connectivity index (χ1v) is 7.33. The first-order valence-electron chi connectivity index (χ1n) is 7.33. The van der Waals surface area contributed by atoms with E-state index in [0.717, 1.165) is 17.9 Å². The topological polar surface area (TPSA) is 61.6 Å². The van der Waals surface area contributed by atoms with Gasteiger partial charge in [-0.05, 0) is 36.7 Å². The van der Waals surface area contributed by atoms with E-state index in [1.807, 2.05) is 12.1 Å². The SMILES string of the molecule is CC(CCC(N)=O)C1CC1c1cccc2c1OCCO2. The maximum Gasteiger partial charge on any atom is 0.217 e. The molecule has 20 heavy (non-hydrogen) atoms. The molecular weight excluding hydrogens is 254 g/mol. The van der Waals surface area contributed by atoms with Gasteiger partial charge in [-0.25, -0.2) is 0 Å². The van der Waals surface area contributed by atoms with Gasteiger partial charge >= 0.3 is 0 Å². The zero-order valence-corrected chi connectivity index (χ0v) is 11.8. The average molecular weight is 275 g/mol. The summed E-state index contributed by atoms with van der Waals surface area (Å²) in [7, 11) is 0. The summed E-state index contributed by atoms with van der Waals surface area (Å²) in [6.45, 7) is 3.46. The number of hydrogen-bond acceptors (Lipinski definition) is 3. The highest BCUT2D eigenvalue weighted by Gasteiger charge is 2.43.